The first-order valence-corrected chi connectivity index (χ1v) is 5.44. The van der Waals surface area contributed by atoms with Gasteiger partial charge in [0.05, 0.1) is 9.34 Å². The molecule has 0 unspecified atom stereocenters. The van der Waals surface area contributed by atoms with Gasteiger partial charge in [-0.05, 0) is 25.0 Å². The zero-order valence-corrected chi connectivity index (χ0v) is 8.91. The number of hydrogen-bond donors (Lipinski definition) is 0. The van der Waals surface area contributed by atoms with Crippen molar-refractivity contribution in [3.63, 3.8) is 0 Å². The van der Waals surface area contributed by atoms with E-state index >= 15 is 0 Å². The summed E-state index contributed by atoms with van der Waals surface area (Å²) in [5, 5.41) is 0.991. The number of amides is 1. The number of carbonyl (C=O) groups is 1. The largest absolute Gasteiger partial charge is 0.304 e. The van der Waals surface area contributed by atoms with Crippen LogP contribution in [0.1, 0.15) is 18.4 Å². The minimum absolute atomic E-state index is 0.220. The van der Waals surface area contributed by atoms with Crippen molar-refractivity contribution in [2.45, 2.75) is 19.8 Å². The van der Waals surface area contributed by atoms with Gasteiger partial charge in [-0.15, -0.1) is 11.3 Å². The molecule has 0 aliphatic carbocycles. The third kappa shape index (κ3) is 1.58. The number of anilines is 1. The Kier molecular flexibility index (Phi) is 2.30. The van der Waals surface area contributed by atoms with Crippen LogP contribution in [-0.4, -0.2) is 12.5 Å². The lowest BCUT2D eigenvalue weighted by molar-refractivity contribution is -0.117. The van der Waals surface area contributed by atoms with Crippen LogP contribution in [0.4, 0.5) is 5.00 Å². The summed E-state index contributed by atoms with van der Waals surface area (Å²) in [5.74, 6) is 0.220. The van der Waals surface area contributed by atoms with E-state index in [9.17, 15) is 4.79 Å². The minimum atomic E-state index is 0.220. The van der Waals surface area contributed by atoms with E-state index in [0.29, 0.717) is 6.42 Å². The van der Waals surface area contributed by atoms with Gasteiger partial charge in [-0.3, -0.25) is 4.79 Å². The van der Waals surface area contributed by atoms with Gasteiger partial charge in [0.15, 0.2) is 0 Å². The van der Waals surface area contributed by atoms with Crippen molar-refractivity contribution in [2.75, 3.05) is 11.4 Å². The summed E-state index contributed by atoms with van der Waals surface area (Å²) in [7, 11) is 0. The van der Waals surface area contributed by atoms with E-state index in [1.165, 1.54) is 11.3 Å². The molecule has 0 aromatic carbocycles. The molecule has 2 nitrogen and oxygen atoms in total. The number of carbonyl (C=O) groups excluding carboxylic acids is 1. The first-order valence-electron chi connectivity index (χ1n) is 4.25. The molecule has 13 heavy (non-hydrogen) atoms. The zero-order chi connectivity index (χ0) is 9.42. The van der Waals surface area contributed by atoms with Crippen LogP contribution in [0.2, 0.25) is 4.34 Å². The van der Waals surface area contributed by atoms with Crippen molar-refractivity contribution >= 4 is 33.8 Å². The smallest absolute Gasteiger partial charge is 0.227 e. The molecule has 1 aliphatic rings. The van der Waals surface area contributed by atoms with Crippen LogP contribution in [0.15, 0.2) is 6.07 Å². The van der Waals surface area contributed by atoms with E-state index in [4.69, 9.17) is 11.6 Å². The second kappa shape index (κ2) is 3.31. The van der Waals surface area contributed by atoms with Crippen molar-refractivity contribution in [3.05, 3.63) is 16.0 Å². The molecule has 2 heterocycles. The Balaban J connectivity index is 2.29. The maximum atomic E-state index is 11.4. The van der Waals surface area contributed by atoms with Gasteiger partial charge in [-0.1, -0.05) is 11.6 Å². The number of halogens is 1. The SMILES string of the molecule is Cc1cc(N2CCCC2=O)sc1Cl. The monoisotopic (exact) mass is 215 g/mol. The Morgan fingerprint density at radius 3 is 2.85 bits per heavy atom. The standard InChI is InChI=1S/C9H10ClNOS/c1-6-5-8(13-9(6)10)11-4-2-3-7(11)12/h5H,2-4H2,1H3. The fourth-order valence-corrected chi connectivity index (χ4v) is 2.69. The van der Waals surface area contributed by atoms with Gasteiger partial charge in [-0.25, -0.2) is 0 Å². The van der Waals surface area contributed by atoms with E-state index < -0.39 is 0 Å². The van der Waals surface area contributed by atoms with Crippen molar-refractivity contribution in [1.82, 2.24) is 0 Å². The lowest BCUT2D eigenvalue weighted by atomic mass is 10.4. The van der Waals surface area contributed by atoms with E-state index in [2.05, 4.69) is 0 Å². The van der Waals surface area contributed by atoms with Crippen LogP contribution in [0.25, 0.3) is 0 Å². The number of aryl methyl sites for hydroxylation is 1. The van der Waals surface area contributed by atoms with Crippen LogP contribution in [0.3, 0.4) is 0 Å². The van der Waals surface area contributed by atoms with E-state index in [1.807, 2.05) is 17.9 Å². The molecule has 0 N–H and O–H groups in total. The van der Waals surface area contributed by atoms with E-state index in [-0.39, 0.29) is 5.91 Å². The molecule has 1 saturated heterocycles. The van der Waals surface area contributed by atoms with Gasteiger partial charge in [0.25, 0.3) is 0 Å². The molecule has 0 atom stereocenters. The molecule has 70 valence electrons. The van der Waals surface area contributed by atoms with Crippen molar-refractivity contribution in [3.8, 4) is 0 Å². The maximum absolute atomic E-state index is 11.4. The van der Waals surface area contributed by atoms with Crippen LogP contribution in [0.5, 0.6) is 0 Å². The van der Waals surface area contributed by atoms with Gasteiger partial charge < -0.3 is 4.90 Å². The van der Waals surface area contributed by atoms with Crippen LogP contribution in [0, 0.1) is 6.92 Å². The maximum Gasteiger partial charge on any atom is 0.227 e. The second-order valence-corrected chi connectivity index (χ2v) is 4.82. The van der Waals surface area contributed by atoms with E-state index in [1.54, 1.807) is 0 Å². The van der Waals surface area contributed by atoms with Crippen LogP contribution >= 0.6 is 22.9 Å². The Hall–Kier alpha value is -0.540. The van der Waals surface area contributed by atoms with Gasteiger partial charge in [0.1, 0.15) is 0 Å². The average molecular weight is 216 g/mol. The van der Waals surface area contributed by atoms with Crippen molar-refractivity contribution in [1.29, 1.82) is 0 Å². The molecule has 1 aromatic rings. The molecule has 0 saturated carbocycles. The summed E-state index contributed by atoms with van der Waals surface area (Å²) in [4.78, 5) is 13.2. The molecular formula is C9H10ClNOS. The lowest BCUT2D eigenvalue weighted by Crippen LogP contribution is -2.22. The van der Waals surface area contributed by atoms with Crippen LogP contribution < -0.4 is 4.90 Å². The summed E-state index contributed by atoms with van der Waals surface area (Å²) < 4.78 is 0.787. The topological polar surface area (TPSA) is 20.3 Å². The third-order valence-corrected chi connectivity index (χ3v) is 3.76. The molecule has 1 aromatic heterocycles. The minimum Gasteiger partial charge on any atom is -0.304 e. The van der Waals surface area contributed by atoms with Crippen molar-refractivity contribution in [2.24, 2.45) is 0 Å². The summed E-state index contributed by atoms with van der Waals surface area (Å²) in [6.45, 7) is 2.80. The molecule has 4 heteroatoms. The highest BCUT2D eigenvalue weighted by atomic mass is 35.5. The quantitative estimate of drug-likeness (QED) is 0.706. The van der Waals surface area contributed by atoms with Gasteiger partial charge in [0, 0.05) is 13.0 Å². The fourth-order valence-electron chi connectivity index (χ4n) is 1.46. The average Bonchev–Trinajstić information content (AvgIpc) is 2.60. The molecule has 1 aliphatic heterocycles. The number of hydrogen-bond acceptors (Lipinski definition) is 2. The summed E-state index contributed by atoms with van der Waals surface area (Å²) >= 11 is 7.42. The van der Waals surface area contributed by atoms with Crippen molar-refractivity contribution < 1.29 is 4.79 Å². The fraction of sp³-hybridized carbons (Fsp3) is 0.444. The highest BCUT2D eigenvalue weighted by molar-refractivity contribution is 7.20. The normalized spacial score (nSPS) is 17.1. The molecule has 1 amide bonds. The van der Waals surface area contributed by atoms with Gasteiger partial charge in [0.2, 0.25) is 5.91 Å². The summed E-state index contributed by atoms with van der Waals surface area (Å²) in [6, 6.07) is 1.98. The first kappa shape index (κ1) is 9.03. The van der Waals surface area contributed by atoms with Gasteiger partial charge in [-0.2, -0.15) is 0 Å². The summed E-state index contributed by atoms with van der Waals surface area (Å²) in [5.41, 5.74) is 1.06. The Labute approximate surface area is 86.1 Å². The highest BCUT2D eigenvalue weighted by Gasteiger charge is 2.23. The molecule has 2 rings (SSSR count). The number of thiophene rings is 1. The van der Waals surface area contributed by atoms with Crippen LogP contribution in [-0.2, 0) is 4.79 Å². The predicted octanol–water partition coefficient (Wildman–Crippen LogP) is 2.84. The van der Waals surface area contributed by atoms with E-state index in [0.717, 1.165) is 27.9 Å². The molecule has 0 spiro atoms. The Morgan fingerprint density at radius 1 is 1.62 bits per heavy atom. The molecular weight excluding hydrogens is 206 g/mol. The first-order chi connectivity index (χ1) is 6.18. The molecule has 0 radical (unpaired) electrons. The number of rotatable bonds is 1. The Morgan fingerprint density at radius 2 is 2.38 bits per heavy atom. The highest BCUT2D eigenvalue weighted by Crippen LogP contribution is 2.35. The second-order valence-electron chi connectivity index (χ2n) is 3.19. The summed E-state index contributed by atoms with van der Waals surface area (Å²) in [6.07, 6.45) is 1.64. The zero-order valence-electron chi connectivity index (χ0n) is 7.34. The number of nitrogens with zero attached hydrogens (tertiary/aromatic N) is 1. The third-order valence-electron chi connectivity index (χ3n) is 2.18. The molecule has 0 bridgehead atoms. The Bertz CT molecular complexity index is 328. The molecule has 1 fully saturated rings. The van der Waals surface area contributed by atoms with Gasteiger partial charge >= 0.3 is 0 Å². The predicted molar refractivity (Wildman–Crippen MR) is 55.7 cm³/mol. The lowest BCUT2D eigenvalue weighted by Gasteiger charge is -2.11.